The van der Waals surface area contributed by atoms with Gasteiger partial charge in [-0.1, -0.05) is 17.2 Å². The van der Waals surface area contributed by atoms with Crippen molar-refractivity contribution in [2.24, 2.45) is 0 Å². The molecule has 2 aromatic rings. The van der Waals surface area contributed by atoms with Gasteiger partial charge in [0.05, 0.1) is 29.3 Å². The van der Waals surface area contributed by atoms with Gasteiger partial charge in [-0.2, -0.15) is 4.98 Å². The Balaban J connectivity index is 1.72. The molecule has 0 spiro atoms. The van der Waals surface area contributed by atoms with Gasteiger partial charge in [0.15, 0.2) is 0 Å². The average molecular weight is 385 g/mol. The second-order valence-electron chi connectivity index (χ2n) is 6.16. The Morgan fingerprint density at radius 3 is 2.29 bits per heavy atom. The first-order valence-corrected chi connectivity index (χ1v) is 8.49. The van der Waals surface area contributed by atoms with E-state index in [1.54, 1.807) is 17.0 Å². The molecule has 144 valence electrons. The van der Waals surface area contributed by atoms with Crippen molar-refractivity contribution < 1.29 is 24.1 Å². The molecule has 4 rings (SSSR count). The summed E-state index contributed by atoms with van der Waals surface area (Å²) in [6.45, 7) is 3.38. The zero-order valence-corrected chi connectivity index (χ0v) is 14.8. The van der Waals surface area contributed by atoms with E-state index in [0.717, 1.165) is 0 Å². The van der Waals surface area contributed by atoms with Gasteiger partial charge in [-0.05, 0) is 19.1 Å². The summed E-state index contributed by atoms with van der Waals surface area (Å²) in [7, 11) is 0. The molecule has 1 aromatic carbocycles. The molecular formula is C17H15N5O6. The second-order valence-corrected chi connectivity index (χ2v) is 6.16. The number of carbonyl (C=O) groups is 2. The van der Waals surface area contributed by atoms with Crippen LogP contribution in [0.4, 0.5) is 11.6 Å². The monoisotopic (exact) mass is 385 g/mol. The van der Waals surface area contributed by atoms with Crippen LogP contribution in [0.1, 0.15) is 26.4 Å². The molecule has 3 heterocycles. The molecule has 2 amide bonds. The molecule has 11 nitrogen and oxygen atoms in total. The fourth-order valence-corrected chi connectivity index (χ4v) is 3.04. The Kier molecular flexibility index (Phi) is 4.35. The molecule has 0 atom stereocenters. The molecule has 0 unspecified atom stereocenters. The number of imide groups is 1. The molecule has 0 saturated carbocycles. The van der Waals surface area contributed by atoms with Crippen LogP contribution in [0.3, 0.4) is 0 Å². The number of morpholine rings is 1. The highest BCUT2D eigenvalue weighted by Crippen LogP contribution is 2.32. The number of hydrogen-bond donors (Lipinski definition) is 0. The normalized spacial score (nSPS) is 16.3. The number of nitro groups is 1. The molecule has 0 N–H and O–H groups in total. The lowest BCUT2D eigenvalue weighted by molar-refractivity contribution is -0.387. The van der Waals surface area contributed by atoms with Gasteiger partial charge in [0, 0.05) is 13.1 Å². The minimum absolute atomic E-state index is 0.0631. The minimum atomic E-state index is -0.709. The van der Waals surface area contributed by atoms with Crippen LogP contribution in [-0.2, 0) is 4.74 Å². The third-order valence-corrected chi connectivity index (χ3v) is 4.43. The van der Waals surface area contributed by atoms with E-state index < -0.39 is 28.3 Å². The van der Waals surface area contributed by atoms with E-state index in [0.29, 0.717) is 31.4 Å². The van der Waals surface area contributed by atoms with Crippen LogP contribution in [-0.4, -0.2) is 58.1 Å². The Labute approximate surface area is 158 Å². The van der Waals surface area contributed by atoms with Gasteiger partial charge in [0.25, 0.3) is 11.8 Å². The van der Waals surface area contributed by atoms with Crippen molar-refractivity contribution in [2.45, 2.75) is 6.92 Å². The number of anilines is 1. The first-order valence-electron chi connectivity index (χ1n) is 8.49. The number of amides is 2. The smallest absolute Gasteiger partial charge is 0.354 e. The summed E-state index contributed by atoms with van der Waals surface area (Å²) >= 11 is 0. The summed E-state index contributed by atoms with van der Waals surface area (Å²) in [5.41, 5.74) is -0.120. The number of hydroxylamine groups is 2. The largest absolute Gasteiger partial charge is 0.378 e. The number of carbonyl (C=O) groups excluding carboxylic acids is 2. The zero-order valence-electron chi connectivity index (χ0n) is 14.8. The Morgan fingerprint density at radius 1 is 1.11 bits per heavy atom. The van der Waals surface area contributed by atoms with Crippen LogP contribution >= 0.6 is 0 Å². The highest BCUT2D eigenvalue weighted by molar-refractivity contribution is 6.20. The minimum Gasteiger partial charge on any atom is -0.378 e. The summed E-state index contributed by atoms with van der Waals surface area (Å²) in [5, 5.41) is 12.0. The highest BCUT2D eigenvalue weighted by Gasteiger charge is 2.40. The first-order chi connectivity index (χ1) is 13.5. The Morgan fingerprint density at radius 2 is 1.71 bits per heavy atom. The number of hydrogen-bond acceptors (Lipinski definition) is 9. The molecule has 2 aliphatic heterocycles. The molecule has 1 fully saturated rings. The number of rotatable bonds is 4. The van der Waals surface area contributed by atoms with E-state index in [9.17, 15) is 19.7 Å². The third kappa shape index (κ3) is 2.91. The zero-order chi connectivity index (χ0) is 19.8. The van der Waals surface area contributed by atoms with E-state index in [4.69, 9.17) is 9.57 Å². The van der Waals surface area contributed by atoms with Crippen LogP contribution in [0, 0.1) is 17.0 Å². The lowest BCUT2D eigenvalue weighted by atomic mass is 10.1. The van der Waals surface area contributed by atoms with Gasteiger partial charge in [-0.25, -0.2) is 4.98 Å². The summed E-state index contributed by atoms with van der Waals surface area (Å²) in [6.07, 6.45) is 0. The third-order valence-electron chi connectivity index (χ3n) is 4.43. The summed E-state index contributed by atoms with van der Waals surface area (Å²) < 4.78 is 5.28. The van der Waals surface area contributed by atoms with Crippen molar-refractivity contribution >= 4 is 23.5 Å². The van der Waals surface area contributed by atoms with Crippen LogP contribution in [0.25, 0.3) is 0 Å². The van der Waals surface area contributed by atoms with Crippen molar-refractivity contribution in [3.8, 4) is 5.88 Å². The van der Waals surface area contributed by atoms with Crippen molar-refractivity contribution in [2.75, 3.05) is 31.2 Å². The number of benzene rings is 1. The number of ether oxygens (including phenoxy) is 1. The van der Waals surface area contributed by atoms with E-state index in [2.05, 4.69) is 9.97 Å². The predicted octanol–water partition coefficient (Wildman–Crippen LogP) is 1.12. The summed E-state index contributed by atoms with van der Waals surface area (Å²) in [6, 6.07) is 6.19. The molecule has 0 aliphatic carbocycles. The molecule has 11 heteroatoms. The maximum Gasteiger partial charge on any atom is 0.354 e. The Bertz CT molecular complexity index is 953. The van der Waals surface area contributed by atoms with Gasteiger partial charge in [0.2, 0.25) is 5.95 Å². The standard InChI is InChI=1S/C17H15N5O6/c1-10-13(22(25)26)14(19-17(18-10)20-6-8-27-9-7-20)28-21-15(23)11-4-2-3-5-12(11)16(21)24/h2-5H,6-9H2,1H3. The van der Waals surface area contributed by atoms with Gasteiger partial charge < -0.3 is 14.5 Å². The first kappa shape index (κ1) is 17.8. The molecular weight excluding hydrogens is 370 g/mol. The van der Waals surface area contributed by atoms with E-state index >= 15 is 0 Å². The molecule has 1 saturated heterocycles. The summed E-state index contributed by atoms with van der Waals surface area (Å²) in [5.74, 6) is -1.68. The number of aromatic nitrogens is 2. The van der Waals surface area contributed by atoms with Crippen LogP contribution < -0.4 is 9.74 Å². The van der Waals surface area contributed by atoms with Crippen molar-refractivity contribution in [3.63, 3.8) is 0 Å². The number of fused-ring (bicyclic) bond motifs is 1. The van der Waals surface area contributed by atoms with Gasteiger partial charge in [-0.3, -0.25) is 19.7 Å². The number of aryl methyl sites for hydroxylation is 1. The van der Waals surface area contributed by atoms with Crippen LogP contribution in [0.5, 0.6) is 5.88 Å². The predicted molar refractivity (Wildman–Crippen MR) is 94.0 cm³/mol. The lowest BCUT2D eigenvalue weighted by Crippen LogP contribution is -2.38. The van der Waals surface area contributed by atoms with Gasteiger partial charge in [-0.15, -0.1) is 0 Å². The van der Waals surface area contributed by atoms with E-state index in [-0.39, 0.29) is 22.8 Å². The molecule has 0 bridgehead atoms. The fourth-order valence-electron chi connectivity index (χ4n) is 3.04. The van der Waals surface area contributed by atoms with Crippen molar-refractivity contribution in [1.82, 2.24) is 15.0 Å². The van der Waals surface area contributed by atoms with Gasteiger partial charge in [0.1, 0.15) is 5.69 Å². The van der Waals surface area contributed by atoms with E-state index in [1.807, 2.05) is 0 Å². The van der Waals surface area contributed by atoms with Gasteiger partial charge >= 0.3 is 11.6 Å². The molecule has 28 heavy (non-hydrogen) atoms. The lowest BCUT2D eigenvalue weighted by Gasteiger charge is -2.27. The Hall–Kier alpha value is -3.60. The van der Waals surface area contributed by atoms with Crippen molar-refractivity contribution in [3.05, 3.63) is 51.2 Å². The molecule has 0 radical (unpaired) electrons. The topological polar surface area (TPSA) is 128 Å². The van der Waals surface area contributed by atoms with E-state index in [1.165, 1.54) is 19.1 Å². The average Bonchev–Trinajstić information content (AvgIpc) is 2.93. The second kappa shape index (κ2) is 6.85. The number of nitrogens with zero attached hydrogens (tertiary/aromatic N) is 5. The quantitative estimate of drug-likeness (QED) is 0.432. The molecule has 2 aliphatic rings. The SMILES string of the molecule is Cc1nc(N2CCOCC2)nc(ON2C(=O)c3ccccc3C2=O)c1[N+](=O)[O-]. The maximum atomic E-state index is 12.5. The van der Waals surface area contributed by atoms with Crippen molar-refractivity contribution in [1.29, 1.82) is 0 Å². The van der Waals surface area contributed by atoms with Crippen LogP contribution in [0.15, 0.2) is 24.3 Å². The van der Waals surface area contributed by atoms with Crippen LogP contribution in [0.2, 0.25) is 0 Å². The summed E-state index contributed by atoms with van der Waals surface area (Å²) in [4.78, 5) is 51.3. The molecule has 1 aromatic heterocycles. The highest BCUT2D eigenvalue weighted by atomic mass is 16.7. The maximum absolute atomic E-state index is 12.5. The fraction of sp³-hybridized carbons (Fsp3) is 0.294.